The van der Waals surface area contributed by atoms with E-state index >= 15 is 0 Å². The molecule has 1 N–H and O–H groups in total. The first kappa shape index (κ1) is 11.6. The number of benzene rings is 1. The fraction of sp³-hybridized carbons (Fsp3) is 0.571. The average Bonchev–Trinajstić information content (AvgIpc) is 2.27. The van der Waals surface area contributed by atoms with E-state index in [1.54, 1.807) is 6.07 Å². The van der Waals surface area contributed by atoms with Gasteiger partial charge in [-0.3, -0.25) is 0 Å². The van der Waals surface area contributed by atoms with Crippen LogP contribution in [0.1, 0.15) is 43.7 Å². The molecular formula is C14H20FN. The molecule has 0 spiro atoms. The quantitative estimate of drug-likeness (QED) is 0.826. The summed E-state index contributed by atoms with van der Waals surface area (Å²) in [6.07, 6.45) is 3.19. The molecule has 0 saturated carbocycles. The molecule has 0 radical (unpaired) electrons. The average molecular weight is 221 g/mol. The Hall–Kier alpha value is -0.890. The lowest BCUT2D eigenvalue weighted by atomic mass is 9.82. The van der Waals surface area contributed by atoms with Crippen LogP contribution in [-0.2, 0) is 6.42 Å². The maximum atomic E-state index is 13.6. The minimum absolute atomic E-state index is 0.0215. The molecule has 2 rings (SSSR count). The summed E-state index contributed by atoms with van der Waals surface area (Å²) in [5.74, 6) is 0.466. The van der Waals surface area contributed by atoms with Gasteiger partial charge in [0.2, 0.25) is 0 Å². The van der Waals surface area contributed by atoms with Crippen LogP contribution in [0.4, 0.5) is 4.39 Å². The Morgan fingerprint density at radius 3 is 3.00 bits per heavy atom. The highest BCUT2D eigenvalue weighted by atomic mass is 19.1. The molecule has 1 unspecified atom stereocenters. The second-order valence-electron chi connectivity index (χ2n) is 4.96. The van der Waals surface area contributed by atoms with Gasteiger partial charge >= 0.3 is 0 Å². The van der Waals surface area contributed by atoms with Gasteiger partial charge in [-0.1, -0.05) is 26.0 Å². The van der Waals surface area contributed by atoms with E-state index in [0.717, 1.165) is 24.9 Å². The van der Waals surface area contributed by atoms with Crippen molar-refractivity contribution in [2.75, 3.05) is 6.54 Å². The van der Waals surface area contributed by atoms with Gasteiger partial charge in [-0.15, -0.1) is 0 Å². The molecule has 1 aromatic rings. The van der Waals surface area contributed by atoms with Crippen molar-refractivity contribution in [3.8, 4) is 0 Å². The predicted octanol–water partition coefficient (Wildman–Crippen LogP) is 3.24. The molecule has 2 heteroatoms. The summed E-state index contributed by atoms with van der Waals surface area (Å²) in [5.41, 5.74) is 2.17. The smallest absolute Gasteiger partial charge is 0.126 e. The van der Waals surface area contributed by atoms with Gasteiger partial charge < -0.3 is 5.32 Å². The van der Waals surface area contributed by atoms with Crippen LogP contribution in [0.25, 0.3) is 0 Å². The summed E-state index contributed by atoms with van der Waals surface area (Å²) in [6, 6.07) is 6.00. The molecule has 0 saturated heterocycles. The molecule has 1 atom stereocenters. The molecule has 1 aliphatic carbocycles. The molecule has 0 amide bonds. The summed E-state index contributed by atoms with van der Waals surface area (Å²) >= 11 is 0. The van der Waals surface area contributed by atoms with Crippen molar-refractivity contribution < 1.29 is 4.39 Å². The summed E-state index contributed by atoms with van der Waals surface area (Å²) in [5, 5.41) is 3.45. The zero-order valence-corrected chi connectivity index (χ0v) is 10.1. The van der Waals surface area contributed by atoms with Crippen molar-refractivity contribution in [1.82, 2.24) is 5.32 Å². The molecule has 0 bridgehead atoms. The minimum Gasteiger partial charge on any atom is -0.314 e. The van der Waals surface area contributed by atoms with Crippen LogP contribution < -0.4 is 5.32 Å². The van der Waals surface area contributed by atoms with Crippen molar-refractivity contribution in [2.24, 2.45) is 0 Å². The summed E-state index contributed by atoms with van der Waals surface area (Å²) in [4.78, 5) is 0. The number of rotatable bonds is 3. The highest BCUT2D eigenvalue weighted by Crippen LogP contribution is 2.32. The fourth-order valence-electron chi connectivity index (χ4n) is 2.49. The van der Waals surface area contributed by atoms with Crippen LogP contribution in [0.15, 0.2) is 18.2 Å². The Labute approximate surface area is 97.1 Å². The van der Waals surface area contributed by atoms with Gasteiger partial charge in [0.25, 0.3) is 0 Å². The molecular weight excluding hydrogens is 201 g/mol. The molecule has 0 heterocycles. The van der Waals surface area contributed by atoms with E-state index in [2.05, 4.69) is 25.2 Å². The second-order valence-corrected chi connectivity index (χ2v) is 4.96. The van der Waals surface area contributed by atoms with Gasteiger partial charge in [-0.25, -0.2) is 4.39 Å². The van der Waals surface area contributed by atoms with E-state index in [9.17, 15) is 4.39 Å². The van der Waals surface area contributed by atoms with Gasteiger partial charge in [0.05, 0.1) is 0 Å². The molecule has 1 aromatic carbocycles. The Kier molecular flexibility index (Phi) is 3.59. The molecule has 0 fully saturated rings. The topological polar surface area (TPSA) is 12.0 Å². The van der Waals surface area contributed by atoms with Crippen molar-refractivity contribution in [2.45, 2.75) is 45.1 Å². The van der Waals surface area contributed by atoms with E-state index in [1.165, 1.54) is 12.0 Å². The maximum absolute atomic E-state index is 13.6. The first-order valence-electron chi connectivity index (χ1n) is 6.19. The molecule has 0 aliphatic heterocycles. The van der Waals surface area contributed by atoms with Crippen molar-refractivity contribution >= 4 is 0 Å². The van der Waals surface area contributed by atoms with Crippen LogP contribution in [0, 0.1) is 5.82 Å². The standard InChI is InChI=1S/C14H20FN/c1-10(2)16-9-11-5-3-7-13-12(11)6-4-8-14(13)15/h4,6,8,10-11,16H,3,5,7,9H2,1-2H3. The Morgan fingerprint density at radius 1 is 1.44 bits per heavy atom. The molecule has 0 aromatic heterocycles. The first-order valence-corrected chi connectivity index (χ1v) is 6.19. The lowest BCUT2D eigenvalue weighted by molar-refractivity contribution is 0.469. The lowest BCUT2D eigenvalue weighted by Crippen LogP contribution is -2.29. The third-order valence-corrected chi connectivity index (χ3v) is 3.35. The van der Waals surface area contributed by atoms with Crippen LogP contribution in [0.5, 0.6) is 0 Å². The second kappa shape index (κ2) is 4.96. The number of hydrogen-bond acceptors (Lipinski definition) is 1. The third kappa shape index (κ3) is 2.43. The van der Waals surface area contributed by atoms with Crippen molar-refractivity contribution in [3.05, 3.63) is 35.1 Å². The van der Waals surface area contributed by atoms with Crippen molar-refractivity contribution in [1.29, 1.82) is 0 Å². The molecule has 88 valence electrons. The first-order chi connectivity index (χ1) is 7.68. The van der Waals surface area contributed by atoms with Crippen LogP contribution >= 0.6 is 0 Å². The Bertz CT molecular complexity index is 360. The zero-order chi connectivity index (χ0) is 11.5. The summed E-state index contributed by atoms with van der Waals surface area (Å²) < 4.78 is 13.6. The van der Waals surface area contributed by atoms with Gasteiger partial charge in [-0.2, -0.15) is 0 Å². The van der Waals surface area contributed by atoms with Crippen LogP contribution in [0.3, 0.4) is 0 Å². The van der Waals surface area contributed by atoms with E-state index in [-0.39, 0.29) is 5.82 Å². The number of hydrogen-bond donors (Lipinski definition) is 1. The van der Waals surface area contributed by atoms with Crippen molar-refractivity contribution in [3.63, 3.8) is 0 Å². The molecule has 1 nitrogen and oxygen atoms in total. The van der Waals surface area contributed by atoms with Crippen LogP contribution in [0.2, 0.25) is 0 Å². The predicted molar refractivity (Wildman–Crippen MR) is 65.2 cm³/mol. The SMILES string of the molecule is CC(C)NCC1CCCc2c(F)cccc21. The van der Waals surface area contributed by atoms with Crippen LogP contribution in [-0.4, -0.2) is 12.6 Å². The van der Waals surface area contributed by atoms with Gasteiger partial charge in [0.1, 0.15) is 5.82 Å². The van der Waals surface area contributed by atoms with E-state index in [1.807, 2.05) is 6.07 Å². The number of nitrogens with one attached hydrogen (secondary N) is 1. The highest BCUT2D eigenvalue weighted by Gasteiger charge is 2.22. The maximum Gasteiger partial charge on any atom is 0.126 e. The van der Waals surface area contributed by atoms with E-state index < -0.39 is 0 Å². The summed E-state index contributed by atoms with van der Waals surface area (Å²) in [7, 11) is 0. The molecule has 1 aliphatic rings. The van der Waals surface area contributed by atoms with Gasteiger partial charge in [-0.05, 0) is 42.4 Å². The Balaban J connectivity index is 2.16. The van der Waals surface area contributed by atoms with Gasteiger partial charge in [0.15, 0.2) is 0 Å². The lowest BCUT2D eigenvalue weighted by Gasteiger charge is -2.26. The monoisotopic (exact) mass is 221 g/mol. The largest absolute Gasteiger partial charge is 0.314 e. The van der Waals surface area contributed by atoms with E-state index in [4.69, 9.17) is 0 Å². The third-order valence-electron chi connectivity index (χ3n) is 3.35. The Morgan fingerprint density at radius 2 is 2.25 bits per heavy atom. The molecule has 16 heavy (non-hydrogen) atoms. The highest BCUT2D eigenvalue weighted by molar-refractivity contribution is 5.34. The van der Waals surface area contributed by atoms with Gasteiger partial charge in [0, 0.05) is 12.6 Å². The normalized spacial score (nSPS) is 19.9. The zero-order valence-electron chi connectivity index (χ0n) is 10.1. The fourth-order valence-corrected chi connectivity index (χ4v) is 2.49. The minimum atomic E-state index is -0.0215. The number of fused-ring (bicyclic) bond motifs is 1. The van der Waals surface area contributed by atoms with E-state index in [0.29, 0.717) is 12.0 Å². The summed E-state index contributed by atoms with van der Waals surface area (Å²) in [6.45, 7) is 5.26. The number of halogens is 1.